The Bertz CT molecular complexity index is 700. The Morgan fingerprint density at radius 2 is 1.76 bits per heavy atom. The van der Waals surface area contributed by atoms with Crippen molar-refractivity contribution in [3.8, 4) is 5.75 Å². The van der Waals surface area contributed by atoms with Crippen molar-refractivity contribution >= 4 is 11.9 Å². The molecule has 0 aliphatic rings. The molecule has 5 nitrogen and oxygen atoms in total. The Labute approximate surface area is 147 Å². The van der Waals surface area contributed by atoms with E-state index < -0.39 is 12.0 Å². The van der Waals surface area contributed by atoms with Crippen molar-refractivity contribution in [1.29, 1.82) is 0 Å². The minimum absolute atomic E-state index is 0.227. The van der Waals surface area contributed by atoms with Crippen LogP contribution in [0.2, 0.25) is 0 Å². The Balaban J connectivity index is 1.75. The van der Waals surface area contributed by atoms with E-state index >= 15 is 0 Å². The van der Waals surface area contributed by atoms with E-state index in [-0.39, 0.29) is 18.7 Å². The smallest absolute Gasteiger partial charge is 0.326 e. The zero-order valence-electron chi connectivity index (χ0n) is 14.3. The molecule has 2 N–H and O–H groups in total. The maximum absolute atomic E-state index is 12.0. The number of amides is 1. The van der Waals surface area contributed by atoms with E-state index in [9.17, 15) is 14.7 Å². The zero-order valence-corrected chi connectivity index (χ0v) is 14.3. The lowest BCUT2D eigenvalue weighted by atomic mass is 10.1. The molecule has 0 heterocycles. The summed E-state index contributed by atoms with van der Waals surface area (Å²) in [5.41, 5.74) is 1.92. The summed E-state index contributed by atoms with van der Waals surface area (Å²) in [5.74, 6) is -0.513. The number of para-hydroxylation sites is 1. The van der Waals surface area contributed by atoms with Gasteiger partial charge < -0.3 is 15.2 Å². The Morgan fingerprint density at radius 1 is 1.08 bits per heavy atom. The number of carboxylic acid groups (broad SMARTS) is 1. The molecule has 0 aliphatic heterocycles. The summed E-state index contributed by atoms with van der Waals surface area (Å²) in [5, 5.41) is 11.9. The SMILES string of the molecule is Cc1ccccc1OCCCC(=O)N[C@H](Cc1ccccc1)C(=O)O. The monoisotopic (exact) mass is 341 g/mol. The highest BCUT2D eigenvalue weighted by atomic mass is 16.5. The highest BCUT2D eigenvalue weighted by Gasteiger charge is 2.20. The molecule has 0 saturated carbocycles. The Kier molecular flexibility index (Phi) is 7.01. The lowest BCUT2D eigenvalue weighted by Crippen LogP contribution is -2.42. The number of benzene rings is 2. The van der Waals surface area contributed by atoms with E-state index in [1.54, 1.807) is 0 Å². The second-order valence-corrected chi connectivity index (χ2v) is 5.87. The molecule has 132 valence electrons. The van der Waals surface area contributed by atoms with Gasteiger partial charge in [0, 0.05) is 12.8 Å². The zero-order chi connectivity index (χ0) is 18.1. The van der Waals surface area contributed by atoms with Crippen LogP contribution in [0, 0.1) is 6.92 Å². The molecule has 5 heteroatoms. The van der Waals surface area contributed by atoms with Crippen molar-refractivity contribution in [1.82, 2.24) is 5.32 Å². The van der Waals surface area contributed by atoms with E-state index in [2.05, 4.69) is 5.32 Å². The molecule has 0 spiro atoms. The van der Waals surface area contributed by atoms with Gasteiger partial charge in [-0.15, -0.1) is 0 Å². The van der Waals surface area contributed by atoms with E-state index in [1.165, 1.54) is 0 Å². The third-order valence-electron chi connectivity index (χ3n) is 3.82. The van der Waals surface area contributed by atoms with Crippen molar-refractivity contribution < 1.29 is 19.4 Å². The predicted molar refractivity (Wildman–Crippen MR) is 95.6 cm³/mol. The van der Waals surface area contributed by atoms with Crippen LogP contribution in [-0.2, 0) is 16.0 Å². The average Bonchev–Trinajstić information content (AvgIpc) is 2.60. The molecular formula is C20H23NO4. The van der Waals surface area contributed by atoms with Gasteiger partial charge in [0.25, 0.3) is 0 Å². The summed E-state index contributed by atoms with van der Waals surface area (Å²) in [6.07, 6.45) is 1.02. The molecule has 2 aromatic carbocycles. The van der Waals surface area contributed by atoms with Crippen LogP contribution in [0.25, 0.3) is 0 Å². The summed E-state index contributed by atoms with van der Waals surface area (Å²) in [6, 6.07) is 16.0. The molecule has 1 atom stereocenters. The third-order valence-corrected chi connectivity index (χ3v) is 3.82. The maximum atomic E-state index is 12.0. The standard InChI is InChI=1S/C20H23NO4/c1-15-8-5-6-11-18(15)25-13-7-12-19(22)21-17(20(23)24)14-16-9-3-2-4-10-16/h2-6,8-11,17H,7,12-14H2,1H3,(H,21,22)(H,23,24)/t17-/m1/s1. The van der Waals surface area contributed by atoms with Crippen molar-refractivity contribution in [2.75, 3.05) is 6.61 Å². The average molecular weight is 341 g/mol. The summed E-state index contributed by atoms with van der Waals surface area (Å²) >= 11 is 0. The number of carboxylic acids is 1. The van der Waals surface area contributed by atoms with Crippen molar-refractivity contribution in [3.05, 3.63) is 65.7 Å². The second-order valence-electron chi connectivity index (χ2n) is 5.87. The largest absolute Gasteiger partial charge is 0.493 e. The minimum Gasteiger partial charge on any atom is -0.493 e. The number of carbonyl (C=O) groups excluding carboxylic acids is 1. The van der Waals surface area contributed by atoms with Crippen molar-refractivity contribution in [3.63, 3.8) is 0 Å². The highest BCUT2D eigenvalue weighted by molar-refractivity contribution is 5.83. The summed E-state index contributed by atoms with van der Waals surface area (Å²) in [6.45, 7) is 2.37. The van der Waals surface area contributed by atoms with Crippen LogP contribution in [0.5, 0.6) is 5.75 Å². The van der Waals surface area contributed by atoms with Gasteiger partial charge in [-0.25, -0.2) is 4.79 Å². The minimum atomic E-state index is -1.03. The lowest BCUT2D eigenvalue weighted by molar-refractivity contribution is -0.141. The first-order chi connectivity index (χ1) is 12.1. The van der Waals surface area contributed by atoms with Gasteiger partial charge in [-0.05, 0) is 30.5 Å². The van der Waals surface area contributed by atoms with Crippen molar-refractivity contribution in [2.45, 2.75) is 32.2 Å². The van der Waals surface area contributed by atoms with Gasteiger partial charge in [0.15, 0.2) is 0 Å². The van der Waals surface area contributed by atoms with Gasteiger partial charge >= 0.3 is 5.97 Å². The van der Waals surface area contributed by atoms with Crippen LogP contribution in [0.4, 0.5) is 0 Å². The number of carbonyl (C=O) groups is 2. The number of aryl methyl sites for hydroxylation is 1. The van der Waals surface area contributed by atoms with Gasteiger partial charge in [-0.1, -0.05) is 48.5 Å². The fraction of sp³-hybridized carbons (Fsp3) is 0.300. The number of aliphatic carboxylic acids is 1. The number of ether oxygens (including phenoxy) is 1. The fourth-order valence-corrected chi connectivity index (χ4v) is 2.45. The molecule has 2 rings (SSSR count). The summed E-state index contributed by atoms with van der Waals surface area (Å²) < 4.78 is 5.64. The number of rotatable bonds is 9. The fourth-order valence-electron chi connectivity index (χ4n) is 2.45. The molecule has 0 aromatic heterocycles. The first-order valence-corrected chi connectivity index (χ1v) is 8.31. The van der Waals surface area contributed by atoms with E-state index in [0.717, 1.165) is 16.9 Å². The predicted octanol–water partition coefficient (Wildman–Crippen LogP) is 2.97. The summed E-state index contributed by atoms with van der Waals surface area (Å²) in [7, 11) is 0. The third kappa shape index (κ3) is 6.30. The second kappa shape index (κ2) is 9.47. The van der Waals surface area contributed by atoms with E-state index in [0.29, 0.717) is 13.0 Å². The van der Waals surface area contributed by atoms with Crippen LogP contribution in [0.15, 0.2) is 54.6 Å². The summed E-state index contributed by atoms with van der Waals surface area (Å²) in [4.78, 5) is 23.3. The van der Waals surface area contributed by atoms with Crippen LogP contribution in [-0.4, -0.2) is 29.6 Å². The Hall–Kier alpha value is -2.82. The van der Waals surface area contributed by atoms with E-state index in [4.69, 9.17) is 4.74 Å². The molecule has 0 bridgehead atoms. The first kappa shape index (κ1) is 18.5. The van der Waals surface area contributed by atoms with Gasteiger partial charge in [-0.3, -0.25) is 4.79 Å². The normalized spacial score (nSPS) is 11.6. The molecule has 0 aliphatic carbocycles. The quantitative estimate of drug-likeness (QED) is 0.688. The molecule has 1 amide bonds. The number of hydrogen-bond donors (Lipinski definition) is 2. The lowest BCUT2D eigenvalue weighted by Gasteiger charge is -2.15. The van der Waals surface area contributed by atoms with Crippen LogP contribution in [0.3, 0.4) is 0 Å². The maximum Gasteiger partial charge on any atom is 0.326 e. The molecule has 0 saturated heterocycles. The van der Waals surface area contributed by atoms with Gasteiger partial charge in [-0.2, -0.15) is 0 Å². The molecular weight excluding hydrogens is 318 g/mol. The van der Waals surface area contributed by atoms with E-state index in [1.807, 2.05) is 61.5 Å². The number of hydrogen-bond acceptors (Lipinski definition) is 3. The van der Waals surface area contributed by atoms with Crippen LogP contribution in [0.1, 0.15) is 24.0 Å². The highest BCUT2D eigenvalue weighted by Crippen LogP contribution is 2.16. The molecule has 0 unspecified atom stereocenters. The van der Waals surface area contributed by atoms with Crippen molar-refractivity contribution in [2.24, 2.45) is 0 Å². The molecule has 25 heavy (non-hydrogen) atoms. The van der Waals surface area contributed by atoms with Crippen LogP contribution < -0.4 is 10.1 Å². The Morgan fingerprint density at radius 3 is 2.44 bits per heavy atom. The number of nitrogens with one attached hydrogen (secondary N) is 1. The molecule has 2 aromatic rings. The van der Waals surface area contributed by atoms with Gasteiger partial charge in [0.2, 0.25) is 5.91 Å². The van der Waals surface area contributed by atoms with Crippen LogP contribution >= 0.6 is 0 Å². The molecule has 0 radical (unpaired) electrons. The van der Waals surface area contributed by atoms with Gasteiger partial charge in [0.1, 0.15) is 11.8 Å². The van der Waals surface area contributed by atoms with Gasteiger partial charge in [0.05, 0.1) is 6.61 Å². The first-order valence-electron chi connectivity index (χ1n) is 8.31. The molecule has 0 fully saturated rings. The topological polar surface area (TPSA) is 75.6 Å².